The molecule has 13 N–H and O–H groups in total. The van der Waals surface area contributed by atoms with Crippen molar-refractivity contribution in [3.63, 3.8) is 0 Å². The van der Waals surface area contributed by atoms with E-state index in [2.05, 4.69) is 36.9 Å². The lowest BCUT2D eigenvalue weighted by Crippen LogP contribution is -2.69. The molecule has 82 heavy (non-hydrogen) atoms. The molecule has 0 radical (unpaired) electrons. The summed E-state index contributed by atoms with van der Waals surface area (Å²) in [4.78, 5) is 67.7. The maximum Gasteiger partial charge on any atom is 0.315 e. The van der Waals surface area contributed by atoms with Gasteiger partial charge in [-0.25, -0.2) is 9.48 Å². The lowest BCUT2D eigenvalue weighted by molar-refractivity contribution is -0.382. The fraction of sp³-hybridized carbons (Fsp3) is 0.642. The number of nitrogens with zero attached hydrogens (tertiary/aromatic N) is 4. The van der Waals surface area contributed by atoms with Crippen LogP contribution >= 0.6 is 11.8 Å². The largest absolute Gasteiger partial charge is 0.394 e. The summed E-state index contributed by atoms with van der Waals surface area (Å²) in [6.45, 7) is 1.10. The highest BCUT2D eigenvalue weighted by Crippen LogP contribution is 2.42. The summed E-state index contributed by atoms with van der Waals surface area (Å²) in [5.41, 5.74) is 2.85. The molecule has 0 saturated carbocycles. The van der Waals surface area contributed by atoms with Gasteiger partial charge >= 0.3 is 6.03 Å². The van der Waals surface area contributed by atoms with Gasteiger partial charge in [-0.3, -0.25) is 19.2 Å². The standard InChI is InChI=1S/C53H73N9O19S/c1-24(18-55-34(65)15-9-8-14-33-38-29(23-82-33)56-53(75)58-38)49(74)54-17-16-36(67)61-19-26-10-4-5-11-27(26)40-37(28-12-6-7-13-30(28)61)59-60-62(40)20-35(66)57-39-44(71)42(69)31(21-63)78-50(39)80-47-43(70)32(22-64)79-52(76-3)48(47)81-51-46(73)45(72)41(68)25(2)77-51/h4-7,10-13,24-25,29,31-33,38-39,41-48,50-52,63-64,68-73H,8-9,14-23H2,1-3H3,(H,54,74)(H,55,65)(H,57,66)(H2,56,58,75). The van der Waals surface area contributed by atoms with Crippen molar-refractivity contribution in [2.45, 2.75) is 168 Å². The molecule has 6 aliphatic heterocycles. The van der Waals surface area contributed by atoms with Crippen molar-refractivity contribution in [1.82, 2.24) is 41.6 Å². The number of amides is 6. The van der Waals surface area contributed by atoms with Gasteiger partial charge in [-0.15, -0.1) is 5.10 Å². The van der Waals surface area contributed by atoms with Crippen molar-refractivity contribution < 1.29 is 93.2 Å². The minimum absolute atomic E-state index is 0.00464. The number of hydrogen-bond donors (Lipinski definition) is 13. The second-order valence-corrected chi connectivity index (χ2v) is 22.6. The molecule has 29 heteroatoms. The number of carbonyl (C=O) groups is 5. The Morgan fingerprint density at radius 2 is 1.50 bits per heavy atom. The second kappa shape index (κ2) is 27.0. The van der Waals surface area contributed by atoms with Crippen LogP contribution in [0.25, 0.3) is 22.5 Å². The van der Waals surface area contributed by atoms with E-state index >= 15 is 0 Å². The number of benzene rings is 2. The van der Waals surface area contributed by atoms with Crippen LogP contribution in [0.5, 0.6) is 0 Å². The molecule has 0 spiro atoms. The minimum Gasteiger partial charge on any atom is -0.394 e. The molecule has 6 aliphatic rings. The predicted molar refractivity (Wildman–Crippen MR) is 286 cm³/mol. The first-order valence-corrected chi connectivity index (χ1v) is 28.5. The molecule has 0 aliphatic carbocycles. The van der Waals surface area contributed by atoms with Crippen LogP contribution in [0.1, 0.15) is 51.5 Å². The number of anilines is 1. The van der Waals surface area contributed by atoms with Crippen LogP contribution in [0, 0.1) is 5.92 Å². The zero-order valence-electron chi connectivity index (χ0n) is 45.3. The van der Waals surface area contributed by atoms with Gasteiger partial charge in [-0.05, 0) is 31.4 Å². The molecular formula is C53H73N9O19S. The topological polar surface area (TPSA) is 397 Å². The molecule has 0 bridgehead atoms. The smallest absolute Gasteiger partial charge is 0.315 e. The number of aromatic nitrogens is 3. The van der Waals surface area contributed by atoms with Gasteiger partial charge in [-0.2, -0.15) is 11.8 Å². The van der Waals surface area contributed by atoms with Crippen LogP contribution in [0.4, 0.5) is 10.5 Å². The van der Waals surface area contributed by atoms with E-state index in [0.717, 1.165) is 18.6 Å². The zero-order chi connectivity index (χ0) is 58.5. The number of methoxy groups -OCH3 is 1. The summed E-state index contributed by atoms with van der Waals surface area (Å²) >= 11 is 1.83. The Balaban J connectivity index is 0.854. The normalized spacial score (nSPS) is 33.5. The molecule has 1 aromatic heterocycles. The molecule has 2 aromatic carbocycles. The van der Waals surface area contributed by atoms with Crippen molar-refractivity contribution >= 4 is 47.1 Å². The van der Waals surface area contributed by atoms with E-state index < -0.39 is 124 Å². The van der Waals surface area contributed by atoms with Gasteiger partial charge in [0.2, 0.25) is 23.6 Å². The molecule has 19 atom stereocenters. The highest BCUT2D eigenvalue weighted by atomic mass is 32.2. The highest BCUT2D eigenvalue weighted by molar-refractivity contribution is 8.00. The fourth-order valence-electron chi connectivity index (χ4n) is 11.2. The first-order valence-electron chi connectivity index (χ1n) is 27.4. The van der Waals surface area contributed by atoms with E-state index in [1.54, 1.807) is 60.4 Å². The number of hydrogen-bond acceptors (Lipinski definition) is 22. The number of thioether (sulfide) groups is 1. The molecular weight excluding hydrogens is 1100 g/mol. The third-order valence-corrected chi connectivity index (χ3v) is 17.3. The second-order valence-electron chi connectivity index (χ2n) is 21.3. The molecule has 28 nitrogen and oxygen atoms in total. The SMILES string of the molecule is COC1OC(CO)C(O)C(OC2OC(CO)C(O)C(O)C2NC(=O)Cn2nnc3c2-c2ccccc2CN(C(=O)CCNC(=O)C(C)CNC(=O)CCCCC2SCC4NC(=O)NC42)c2ccccc2-3)C1OC1OC(C)C(O)C(O)C1O. The van der Waals surface area contributed by atoms with Crippen molar-refractivity contribution in [3.8, 4) is 22.5 Å². The lowest BCUT2D eigenvalue weighted by Gasteiger charge is -2.49. The van der Waals surface area contributed by atoms with Crippen molar-refractivity contribution in [1.29, 1.82) is 0 Å². The molecule has 9 rings (SSSR count). The number of carbonyl (C=O) groups excluding carboxylic acids is 5. The molecule has 7 heterocycles. The summed E-state index contributed by atoms with van der Waals surface area (Å²) in [6, 6.07) is 12.6. The van der Waals surface area contributed by atoms with Crippen LogP contribution in [-0.4, -0.2) is 234 Å². The van der Waals surface area contributed by atoms with Gasteiger partial charge < -0.3 is 101 Å². The van der Waals surface area contributed by atoms with Gasteiger partial charge in [0.25, 0.3) is 0 Å². The number of nitrogens with one attached hydrogen (secondary N) is 5. The number of rotatable bonds is 21. The maximum absolute atomic E-state index is 14.3. The summed E-state index contributed by atoms with van der Waals surface area (Å²) in [7, 11) is 1.20. The Kier molecular flexibility index (Phi) is 20.2. The van der Waals surface area contributed by atoms with E-state index in [4.69, 9.17) is 28.4 Å². The third-order valence-electron chi connectivity index (χ3n) is 15.8. The van der Waals surface area contributed by atoms with Crippen molar-refractivity contribution in [2.24, 2.45) is 5.92 Å². The predicted octanol–water partition coefficient (Wildman–Crippen LogP) is -3.31. The molecule has 5 saturated heterocycles. The van der Waals surface area contributed by atoms with Crippen LogP contribution in [-0.2, 0) is 60.7 Å². The van der Waals surface area contributed by atoms with Gasteiger partial charge in [-0.1, -0.05) is 61.0 Å². The number of aliphatic hydroxyl groups excluding tert-OH is 8. The van der Waals surface area contributed by atoms with Gasteiger partial charge in [0.05, 0.1) is 55.2 Å². The first kappa shape index (κ1) is 61.1. The Hall–Kier alpha value is -5.48. The van der Waals surface area contributed by atoms with Crippen molar-refractivity contribution in [3.05, 3.63) is 54.1 Å². The Morgan fingerprint density at radius 3 is 2.26 bits per heavy atom. The number of aliphatic hydroxyl groups is 8. The van der Waals surface area contributed by atoms with E-state index in [1.807, 2.05) is 11.8 Å². The molecule has 5 fully saturated rings. The number of unbranched alkanes of at least 4 members (excludes halogenated alkanes) is 1. The average molecular weight is 1170 g/mol. The Labute approximate surface area is 475 Å². The molecule has 450 valence electrons. The lowest BCUT2D eigenvalue weighted by atomic mass is 9.95. The van der Waals surface area contributed by atoms with E-state index in [9.17, 15) is 64.8 Å². The van der Waals surface area contributed by atoms with Crippen molar-refractivity contribution in [2.75, 3.05) is 44.1 Å². The van der Waals surface area contributed by atoms with E-state index in [1.165, 1.54) is 18.7 Å². The summed E-state index contributed by atoms with van der Waals surface area (Å²) in [6.07, 6.45) is -20.1. The molecule has 19 unspecified atom stereocenters. The fourth-order valence-corrected chi connectivity index (χ4v) is 12.7. The van der Waals surface area contributed by atoms with E-state index in [0.29, 0.717) is 51.9 Å². The van der Waals surface area contributed by atoms with Gasteiger partial charge in [0.1, 0.15) is 79.3 Å². The quantitative estimate of drug-likeness (QED) is 0.0367. The summed E-state index contributed by atoms with van der Waals surface area (Å²) < 4.78 is 36.4. The summed E-state index contributed by atoms with van der Waals surface area (Å²) in [5.74, 6) is -1.36. The maximum atomic E-state index is 14.3. The van der Waals surface area contributed by atoms with Crippen LogP contribution in [0.3, 0.4) is 0 Å². The third kappa shape index (κ3) is 13.2. The van der Waals surface area contributed by atoms with Crippen LogP contribution in [0.15, 0.2) is 48.5 Å². The first-order chi connectivity index (χ1) is 39.4. The van der Waals surface area contributed by atoms with E-state index in [-0.39, 0.29) is 61.9 Å². The minimum atomic E-state index is -1.89. The zero-order valence-corrected chi connectivity index (χ0v) is 46.2. The molecule has 6 amide bonds. The van der Waals surface area contributed by atoms with Gasteiger partial charge in [0.15, 0.2) is 18.9 Å². The number of ether oxygens (including phenoxy) is 6. The van der Waals surface area contributed by atoms with Gasteiger partial charge in [0, 0.05) is 55.2 Å². The number of urea groups is 1. The number of fused-ring (bicyclic) bond motifs is 6. The van der Waals surface area contributed by atoms with Crippen LogP contribution < -0.4 is 31.5 Å². The van der Waals surface area contributed by atoms with Crippen LogP contribution in [0.2, 0.25) is 0 Å². The highest BCUT2D eigenvalue weighted by Gasteiger charge is 2.55. The monoisotopic (exact) mass is 1170 g/mol. The summed E-state index contributed by atoms with van der Waals surface area (Å²) in [5, 5.41) is 110. The number of para-hydroxylation sites is 1. The Morgan fingerprint density at radius 1 is 0.793 bits per heavy atom. The average Bonchev–Trinajstić information content (AvgIpc) is 4.26. The Bertz CT molecular complexity index is 2730. The molecule has 3 aromatic rings.